The average Bonchev–Trinajstić information content (AvgIpc) is 2.95. The minimum absolute atomic E-state index is 0.462. The summed E-state index contributed by atoms with van der Waals surface area (Å²) in [6.45, 7) is 10.3. The maximum absolute atomic E-state index is 4.82. The van der Waals surface area contributed by atoms with Gasteiger partial charge in [-0.25, -0.2) is 4.98 Å². The average molecular weight is 364 g/mol. The molecule has 27 heavy (non-hydrogen) atoms. The Labute approximate surface area is 161 Å². The van der Waals surface area contributed by atoms with Crippen molar-refractivity contribution in [3.63, 3.8) is 0 Å². The third-order valence-corrected chi connectivity index (χ3v) is 5.27. The van der Waals surface area contributed by atoms with Crippen LogP contribution >= 0.6 is 0 Å². The molecule has 3 heterocycles. The lowest BCUT2D eigenvalue weighted by Crippen LogP contribution is -2.41. The van der Waals surface area contributed by atoms with Gasteiger partial charge < -0.3 is 15.5 Å². The molecule has 6 heteroatoms. The molecule has 1 aromatic carbocycles. The number of hydrogen-bond acceptors (Lipinski definition) is 6. The van der Waals surface area contributed by atoms with Gasteiger partial charge in [-0.3, -0.25) is 4.99 Å². The Balaban J connectivity index is 1.56. The Hall–Kier alpha value is -2.47. The van der Waals surface area contributed by atoms with E-state index in [0.717, 1.165) is 55.7 Å². The highest BCUT2D eigenvalue weighted by Gasteiger charge is 2.22. The molecule has 4 rings (SSSR count). The molecule has 1 atom stereocenters. The molecule has 0 spiro atoms. The van der Waals surface area contributed by atoms with Gasteiger partial charge in [0.1, 0.15) is 5.82 Å². The van der Waals surface area contributed by atoms with Crippen molar-refractivity contribution in [1.82, 2.24) is 15.3 Å². The number of aromatic nitrogens is 2. The summed E-state index contributed by atoms with van der Waals surface area (Å²) in [5.74, 6) is 2.24. The zero-order valence-corrected chi connectivity index (χ0v) is 16.4. The molecule has 1 saturated heterocycles. The number of benzene rings is 1. The normalized spacial score (nSPS) is 19.3. The zero-order valence-electron chi connectivity index (χ0n) is 16.4. The van der Waals surface area contributed by atoms with E-state index in [-0.39, 0.29) is 0 Å². The highest BCUT2D eigenvalue weighted by atomic mass is 15.3. The Morgan fingerprint density at radius 3 is 2.96 bits per heavy atom. The standard InChI is InChI=1S/C21H28N6/c1-14(2)19-13-27(8-4-7-23-19)21-24-15(3)9-20(26-21)25-18-6-5-16-11-22-12-17(16)10-18/h5-6,9-10,12,14,19,23H,4,7-8,11,13H2,1-3H3,(H,24,25,26). The molecular formula is C21H28N6. The highest BCUT2D eigenvalue weighted by Crippen LogP contribution is 2.23. The Morgan fingerprint density at radius 2 is 2.11 bits per heavy atom. The molecule has 6 nitrogen and oxygen atoms in total. The number of fused-ring (bicyclic) bond motifs is 1. The van der Waals surface area contributed by atoms with Crippen molar-refractivity contribution in [2.75, 3.05) is 29.9 Å². The molecule has 0 amide bonds. The maximum Gasteiger partial charge on any atom is 0.227 e. The summed E-state index contributed by atoms with van der Waals surface area (Å²) >= 11 is 0. The summed E-state index contributed by atoms with van der Waals surface area (Å²) < 4.78 is 0. The molecule has 1 aromatic heterocycles. The predicted molar refractivity (Wildman–Crippen MR) is 111 cm³/mol. The quantitative estimate of drug-likeness (QED) is 0.872. The maximum atomic E-state index is 4.82. The summed E-state index contributed by atoms with van der Waals surface area (Å²) in [4.78, 5) is 16.2. The van der Waals surface area contributed by atoms with Gasteiger partial charge in [-0.15, -0.1) is 0 Å². The van der Waals surface area contributed by atoms with Crippen LogP contribution in [0.4, 0.5) is 17.5 Å². The van der Waals surface area contributed by atoms with Crippen LogP contribution < -0.4 is 15.5 Å². The van der Waals surface area contributed by atoms with Gasteiger partial charge in [-0.2, -0.15) is 4.98 Å². The number of hydrogen-bond donors (Lipinski definition) is 2. The first-order valence-corrected chi connectivity index (χ1v) is 9.82. The van der Waals surface area contributed by atoms with Crippen LogP contribution in [-0.2, 0) is 6.54 Å². The van der Waals surface area contributed by atoms with E-state index in [9.17, 15) is 0 Å². The van der Waals surface area contributed by atoms with E-state index in [1.54, 1.807) is 0 Å². The monoisotopic (exact) mass is 364 g/mol. The minimum Gasteiger partial charge on any atom is -0.340 e. The summed E-state index contributed by atoms with van der Waals surface area (Å²) in [6.07, 6.45) is 3.04. The van der Waals surface area contributed by atoms with Crippen LogP contribution in [0.15, 0.2) is 29.3 Å². The second-order valence-corrected chi connectivity index (χ2v) is 7.81. The Kier molecular flexibility index (Phi) is 5.07. The van der Waals surface area contributed by atoms with Crippen molar-refractivity contribution in [3.8, 4) is 0 Å². The Morgan fingerprint density at radius 1 is 1.22 bits per heavy atom. The summed E-state index contributed by atoms with van der Waals surface area (Å²) in [5, 5.41) is 7.10. The lowest BCUT2D eigenvalue weighted by molar-refractivity contribution is 0.419. The van der Waals surface area contributed by atoms with Crippen molar-refractivity contribution in [2.45, 2.75) is 39.8 Å². The molecule has 0 saturated carbocycles. The number of aryl methyl sites for hydroxylation is 1. The van der Waals surface area contributed by atoms with Crippen LogP contribution in [0.2, 0.25) is 0 Å². The van der Waals surface area contributed by atoms with Crippen molar-refractivity contribution in [3.05, 3.63) is 41.1 Å². The second kappa shape index (κ2) is 7.64. The second-order valence-electron chi connectivity index (χ2n) is 7.81. The van der Waals surface area contributed by atoms with Crippen LogP contribution in [0.3, 0.4) is 0 Å². The molecule has 0 bridgehead atoms. The van der Waals surface area contributed by atoms with Crippen LogP contribution in [0.5, 0.6) is 0 Å². The lowest BCUT2D eigenvalue weighted by Gasteiger charge is -2.27. The third-order valence-electron chi connectivity index (χ3n) is 5.27. The molecule has 2 aromatic rings. The van der Waals surface area contributed by atoms with E-state index in [4.69, 9.17) is 9.97 Å². The van der Waals surface area contributed by atoms with Crippen molar-refractivity contribution < 1.29 is 0 Å². The summed E-state index contributed by atoms with van der Waals surface area (Å²) in [5.41, 5.74) is 4.47. The molecule has 0 radical (unpaired) electrons. The fourth-order valence-corrected chi connectivity index (χ4v) is 3.66. The number of anilines is 3. The SMILES string of the molecule is Cc1cc(Nc2ccc3c(c2)C=NC3)nc(N2CCCNC(C(C)C)C2)n1. The molecule has 2 aliphatic rings. The van der Waals surface area contributed by atoms with Gasteiger partial charge in [0, 0.05) is 42.8 Å². The van der Waals surface area contributed by atoms with Gasteiger partial charge in [0.25, 0.3) is 0 Å². The van der Waals surface area contributed by atoms with E-state index in [2.05, 4.69) is 52.6 Å². The van der Waals surface area contributed by atoms with Crippen molar-refractivity contribution >= 4 is 23.7 Å². The molecular weight excluding hydrogens is 336 g/mol. The minimum atomic E-state index is 0.462. The third kappa shape index (κ3) is 4.11. The highest BCUT2D eigenvalue weighted by molar-refractivity contribution is 5.86. The van der Waals surface area contributed by atoms with Gasteiger partial charge in [-0.1, -0.05) is 19.9 Å². The zero-order chi connectivity index (χ0) is 18.8. The van der Waals surface area contributed by atoms with E-state index in [0.29, 0.717) is 12.0 Å². The van der Waals surface area contributed by atoms with Crippen LogP contribution in [0, 0.1) is 12.8 Å². The molecule has 1 fully saturated rings. The van der Waals surface area contributed by atoms with Gasteiger partial charge in [-0.05, 0) is 49.1 Å². The van der Waals surface area contributed by atoms with E-state index in [1.165, 1.54) is 11.1 Å². The van der Waals surface area contributed by atoms with Crippen LogP contribution in [0.1, 0.15) is 37.1 Å². The Bertz CT molecular complexity index is 845. The van der Waals surface area contributed by atoms with Gasteiger partial charge in [0.15, 0.2) is 0 Å². The first kappa shape index (κ1) is 17.9. The molecule has 1 unspecified atom stereocenters. The van der Waals surface area contributed by atoms with E-state index >= 15 is 0 Å². The first-order chi connectivity index (χ1) is 13.1. The molecule has 2 aliphatic heterocycles. The van der Waals surface area contributed by atoms with Crippen molar-refractivity contribution in [1.29, 1.82) is 0 Å². The largest absolute Gasteiger partial charge is 0.340 e. The fourth-order valence-electron chi connectivity index (χ4n) is 3.66. The van der Waals surface area contributed by atoms with Crippen molar-refractivity contribution in [2.24, 2.45) is 10.9 Å². The number of rotatable bonds is 4. The molecule has 142 valence electrons. The molecule has 2 N–H and O–H groups in total. The van der Waals surface area contributed by atoms with Gasteiger partial charge in [0.05, 0.1) is 6.54 Å². The van der Waals surface area contributed by atoms with Gasteiger partial charge >= 0.3 is 0 Å². The lowest BCUT2D eigenvalue weighted by atomic mass is 10.0. The van der Waals surface area contributed by atoms with Crippen LogP contribution in [-0.4, -0.2) is 41.9 Å². The number of nitrogens with one attached hydrogen (secondary N) is 2. The fraction of sp³-hybridized carbons (Fsp3) is 0.476. The van der Waals surface area contributed by atoms with Gasteiger partial charge in [0.2, 0.25) is 5.95 Å². The molecule has 0 aliphatic carbocycles. The predicted octanol–water partition coefficient (Wildman–Crippen LogP) is 3.29. The number of nitrogens with zero attached hydrogens (tertiary/aromatic N) is 4. The van der Waals surface area contributed by atoms with E-state index in [1.807, 2.05) is 19.2 Å². The summed E-state index contributed by atoms with van der Waals surface area (Å²) in [6, 6.07) is 8.82. The topological polar surface area (TPSA) is 65.4 Å². The van der Waals surface area contributed by atoms with Crippen LogP contribution in [0.25, 0.3) is 0 Å². The van der Waals surface area contributed by atoms with E-state index < -0.39 is 0 Å². The smallest absolute Gasteiger partial charge is 0.227 e. The summed E-state index contributed by atoms with van der Waals surface area (Å²) in [7, 11) is 0. The number of aliphatic imine (C=N–C) groups is 1. The first-order valence-electron chi connectivity index (χ1n) is 9.82.